The van der Waals surface area contributed by atoms with Crippen molar-refractivity contribution in [2.75, 3.05) is 88.1 Å². The summed E-state index contributed by atoms with van der Waals surface area (Å²) in [5.74, 6) is 0.00463. The molecular weight excluding hydrogens is 511 g/mol. The number of carbonyl (C=O) groups is 1. The van der Waals surface area contributed by atoms with Gasteiger partial charge in [0.05, 0.1) is 26.1 Å². The molecule has 0 aromatic rings. The van der Waals surface area contributed by atoms with Crippen LogP contribution in [-0.4, -0.2) is 126 Å². The fraction of sp³-hybridized carbons (Fsp3) is 0.938. The van der Waals surface area contributed by atoms with Crippen LogP contribution in [0.2, 0.25) is 0 Å². The van der Waals surface area contributed by atoms with Crippen LogP contribution in [0, 0.1) is 0 Å². The molecule has 0 aromatic heterocycles. The molecule has 0 radical (unpaired) electrons. The van der Waals surface area contributed by atoms with Gasteiger partial charge in [-0.2, -0.15) is 13.2 Å². The number of alkyl halides is 3. The molecule has 18 heteroatoms. The number of hydrogen-bond acceptors (Lipinski definition) is 10. The topological polar surface area (TPSA) is 189 Å². The zero-order valence-corrected chi connectivity index (χ0v) is 22.7. The molecule has 1 saturated heterocycles. The molecule has 1 rings (SSSR count). The quantitative estimate of drug-likeness (QED) is 0.258. The Morgan fingerprint density at radius 3 is 1.59 bits per heavy atom. The third-order valence-electron chi connectivity index (χ3n) is 3.01. The second-order valence-corrected chi connectivity index (χ2v) is 9.21. The number of hydrogen-bond donors (Lipinski definition) is 5. The predicted molar refractivity (Wildman–Crippen MR) is 125 cm³/mol. The standard InChI is InChI=1S/C7H15NO2.C3H7NO.C2H4F3NO2S.C2H7NO2S.CH5N.CH4O/c1-9-5-2-8-3-6-10-7-4-8;1-3(5)4-2;1-6-9(7,8)2(3,4)5;1-3-6(2,4)5;2*1-2/h2-7H2,1H3;1-2H3,(H,4,5);6H,1H3;3H,1-2H3;2H2,1H3;2H,1H3. The number of aliphatic hydroxyl groups is 1. The molecule has 6 N–H and O–H groups in total. The average Bonchev–Trinajstić information content (AvgIpc) is 2.81. The van der Waals surface area contributed by atoms with Crippen LogP contribution >= 0.6 is 0 Å². The Kier molecular flexibility index (Phi) is 33.5. The number of sulfonamides is 2. The summed E-state index contributed by atoms with van der Waals surface area (Å²) in [6, 6.07) is 0. The summed E-state index contributed by atoms with van der Waals surface area (Å²) < 4.78 is 86.3. The van der Waals surface area contributed by atoms with E-state index in [0.717, 1.165) is 57.5 Å². The highest BCUT2D eigenvalue weighted by Crippen LogP contribution is 2.20. The van der Waals surface area contributed by atoms with Crippen molar-refractivity contribution in [3.63, 3.8) is 0 Å². The molecule has 34 heavy (non-hydrogen) atoms. The summed E-state index contributed by atoms with van der Waals surface area (Å²) in [5.41, 5.74) is -0.693. The van der Waals surface area contributed by atoms with Gasteiger partial charge in [0.2, 0.25) is 15.9 Å². The summed E-state index contributed by atoms with van der Waals surface area (Å²) in [4.78, 5) is 12.1. The van der Waals surface area contributed by atoms with Crippen molar-refractivity contribution in [1.82, 2.24) is 19.7 Å². The molecule has 0 atom stereocenters. The van der Waals surface area contributed by atoms with E-state index in [9.17, 15) is 34.8 Å². The lowest BCUT2D eigenvalue weighted by Crippen LogP contribution is -2.38. The molecule has 0 saturated carbocycles. The maximum Gasteiger partial charge on any atom is 0.511 e. The van der Waals surface area contributed by atoms with Crippen molar-refractivity contribution in [3.8, 4) is 0 Å². The van der Waals surface area contributed by atoms with Gasteiger partial charge in [-0.25, -0.2) is 26.3 Å². The number of methoxy groups -OCH3 is 1. The van der Waals surface area contributed by atoms with Gasteiger partial charge in [0.1, 0.15) is 0 Å². The first-order valence-corrected chi connectivity index (χ1v) is 12.8. The number of rotatable bonds is 5. The van der Waals surface area contributed by atoms with Crippen LogP contribution in [0.4, 0.5) is 13.2 Å². The zero-order valence-electron chi connectivity index (χ0n) is 21.0. The van der Waals surface area contributed by atoms with E-state index in [1.165, 1.54) is 21.0 Å². The summed E-state index contributed by atoms with van der Waals surface area (Å²) in [6.07, 6.45) is 1.10. The molecule has 1 amide bonds. The van der Waals surface area contributed by atoms with Crippen LogP contribution < -0.4 is 20.5 Å². The highest BCUT2D eigenvalue weighted by molar-refractivity contribution is 7.90. The molecule has 0 bridgehead atoms. The normalized spacial score (nSPS) is 13.3. The fourth-order valence-corrected chi connectivity index (χ4v) is 1.39. The van der Waals surface area contributed by atoms with Crippen molar-refractivity contribution in [2.45, 2.75) is 12.4 Å². The predicted octanol–water partition coefficient (Wildman–Crippen LogP) is -1.88. The highest BCUT2D eigenvalue weighted by atomic mass is 32.2. The van der Waals surface area contributed by atoms with Crippen LogP contribution in [-0.2, 0) is 34.3 Å². The van der Waals surface area contributed by atoms with Gasteiger partial charge in [-0.1, -0.05) is 0 Å². The Bertz CT molecular complexity index is 646. The third kappa shape index (κ3) is 35.5. The number of aliphatic hydroxyl groups excluding tert-OH is 1. The van der Waals surface area contributed by atoms with Crippen LogP contribution in [0.1, 0.15) is 6.92 Å². The largest absolute Gasteiger partial charge is 0.511 e. The lowest BCUT2D eigenvalue weighted by atomic mass is 10.4. The first kappa shape index (κ1) is 43.0. The van der Waals surface area contributed by atoms with Gasteiger partial charge in [-0.05, 0) is 21.1 Å². The molecule has 0 aliphatic carbocycles. The second-order valence-electron chi connectivity index (χ2n) is 5.38. The SMILES string of the molecule is CN.CNC(C)=O.CNS(=O)(=O)C(F)(F)F.CNS(C)(=O)=O.CO.COCCN1CCOCC1. The Labute approximate surface area is 201 Å². The molecule has 1 heterocycles. The smallest absolute Gasteiger partial charge is 0.400 e. The number of nitrogens with zero attached hydrogens (tertiary/aromatic N) is 1. The van der Waals surface area contributed by atoms with Gasteiger partial charge < -0.3 is 25.6 Å². The molecule has 1 aliphatic heterocycles. The van der Waals surface area contributed by atoms with E-state index >= 15 is 0 Å². The molecule has 0 unspecified atom stereocenters. The first-order valence-electron chi connectivity index (χ1n) is 9.46. The van der Waals surface area contributed by atoms with Gasteiger partial charge in [0.25, 0.3) is 0 Å². The summed E-state index contributed by atoms with van der Waals surface area (Å²) in [6.45, 7) is 7.22. The van der Waals surface area contributed by atoms with Gasteiger partial charge in [-0.15, -0.1) is 0 Å². The Morgan fingerprint density at radius 2 is 1.41 bits per heavy atom. The fourth-order valence-electron chi connectivity index (χ4n) is 1.16. The van der Waals surface area contributed by atoms with E-state index in [2.05, 4.69) is 20.7 Å². The lowest BCUT2D eigenvalue weighted by molar-refractivity contribution is -0.118. The maximum atomic E-state index is 11.2. The number of amides is 1. The molecule has 13 nitrogen and oxygen atoms in total. The van der Waals surface area contributed by atoms with E-state index in [4.69, 9.17) is 14.6 Å². The van der Waals surface area contributed by atoms with E-state index in [1.807, 2.05) is 0 Å². The number of morpholine rings is 1. The Balaban J connectivity index is -0.000000108. The molecule has 1 aliphatic rings. The molecular formula is C16H42F3N5O8S2. The first-order chi connectivity index (χ1) is 15.6. The van der Waals surface area contributed by atoms with Crippen LogP contribution in [0.5, 0.6) is 0 Å². The molecule has 0 spiro atoms. The van der Waals surface area contributed by atoms with Crippen LogP contribution in [0.3, 0.4) is 0 Å². The van der Waals surface area contributed by atoms with Crippen LogP contribution in [0.25, 0.3) is 0 Å². The summed E-state index contributed by atoms with van der Waals surface area (Å²) in [7, 11) is -0.0940. The molecule has 1 fully saturated rings. The minimum atomic E-state index is -5.19. The van der Waals surface area contributed by atoms with Crippen LogP contribution in [0.15, 0.2) is 0 Å². The maximum absolute atomic E-state index is 11.2. The van der Waals surface area contributed by atoms with E-state index in [-0.39, 0.29) is 5.91 Å². The minimum Gasteiger partial charge on any atom is -0.400 e. The number of nitrogens with one attached hydrogen (secondary N) is 3. The van der Waals surface area contributed by atoms with E-state index in [1.54, 1.807) is 14.2 Å². The van der Waals surface area contributed by atoms with E-state index < -0.39 is 25.6 Å². The van der Waals surface area contributed by atoms with Crippen molar-refractivity contribution < 1.29 is 49.4 Å². The highest BCUT2D eigenvalue weighted by Gasteiger charge is 2.44. The van der Waals surface area contributed by atoms with Gasteiger partial charge in [0, 0.05) is 47.8 Å². The number of ether oxygens (including phenoxy) is 2. The van der Waals surface area contributed by atoms with Gasteiger partial charge in [-0.3, -0.25) is 9.69 Å². The third-order valence-corrected chi connectivity index (χ3v) is 4.90. The Hall–Kier alpha value is -1.12. The molecule has 212 valence electrons. The van der Waals surface area contributed by atoms with Crippen molar-refractivity contribution in [2.24, 2.45) is 5.73 Å². The number of carbonyl (C=O) groups excluding carboxylic acids is 1. The lowest BCUT2D eigenvalue weighted by Gasteiger charge is -2.25. The van der Waals surface area contributed by atoms with E-state index in [0.29, 0.717) is 7.05 Å². The van der Waals surface area contributed by atoms with Gasteiger partial charge >= 0.3 is 15.5 Å². The minimum absolute atomic E-state index is 0.00463. The zero-order chi connectivity index (χ0) is 28.4. The second kappa shape index (κ2) is 26.5. The Morgan fingerprint density at radius 1 is 1.06 bits per heavy atom. The van der Waals surface area contributed by atoms with Crippen molar-refractivity contribution >= 4 is 26.0 Å². The summed E-state index contributed by atoms with van der Waals surface area (Å²) >= 11 is 0. The number of nitrogens with two attached hydrogens (primary N) is 1. The summed E-state index contributed by atoms with van der Waals surface area (Å²) in [5, 5.41) is 9.39. The number of halogens is 3. The van der Waals surface area contributed by atoms with Gasteiger partial charge in [0.15, 0.2) is 0 Å². The van der Waals surface area contributed by atoms with Crippen molar-refractivity contribution in [3.05, 3.63) is 0 Å². The molecule has 0 aromatic carbocycles. The monoisotopic (exact) mass is 553 g/mol. The van der Waals surface area contributed by atoms with Crippen molar-refractivity contribution in [1.29, 1.82) is 0 Å². The average molecular weight is 554 g/mol.